The van der Waals surface area contributed by atoms with Crippen LogP contribution < -0.4 is 4.74 Å². The van der Waals surface area contributed by atoms with Gasteiger partial charge in [0.1, 0.15) is 10.7 Å². The largest absolute Gasteiger partial charge is 0.477 e. The molecule has 0 aliphatic carbocycles. The lowest BCUT2D eigenvalue weighted by molar-refractivity contribution is 0.0664. The molecule has 3 rings (SSSR count). The van der Waals surface area contributed by atoms with Crippen LogP contribution in [0.4, 0.5) is 0 Å². The van der Waals surface area contributed by atoms with Gasteiger partial charge in [-0.1, -0.05) is 11.6 Å². The highest BCUT2D eigenvalue weighted by molar-refractivity contribution is 6.30. The summed E-state index contributed by atoms with van der Waals surface area (Å²) in [5.41, 5.74) is 0.829. The van der Waals surface area contributed by atoms with E-state index < -0.39 is 0 Å². The lowest BCUT2D eigenvalue weighted by atomic mass is 10.1. The fourth-order valence-electron chi connectivity index (χ4n) is 2.36. The number of hydrogen-bond donors (Lipinski definition) is 0. The normalized spacial score (nSPS) is 16.9. The third kappa shape index (κ3) is 2.53. The number of rotatable bonds is 3. The fourth-order valence-corrected chi connectivity index (χ4v) is 2.54. The van der Waals surface area contributed by atoms with Gasteiger partial charge in [0, 0.05) is 25.5 Å². The molecule has 1 aliphatic rings. The smallest absolute Gasteiger partial charge is 0.226 e. The lowest BCUT2D eigenvalue weighted by Crippen LogP contribution is -2.19. The van der Waals surface area contributed by atoms with E-state index >= 15 is 0 Å². The van der Waals surface area contributed by atoms with Gasteiger partial charge < -0.3 is 9.47 Å². The molecule has 0 unspecified atom stereocenters. The molecular formula is C13H16ClN3O2. The highest BCUT2D eigenvalue weighted by Gasteiger charge is 2.18. The number of nitrogens with zero attached hydrogens (tertiary/aromatic N) is 3. The van der Waals surface area contributed by atoms with Crippen molar-refractivity contribution in [3.05, 3.63) is 17.4 Å². The van der Waals surface area contributed by atoms with Crippen molar-refractivity contribution in [2.24, 2.45) is 0 Å². The van der Waals surface area contributed by atoms with Gasteiger partial charge in [-0.3, -0.25) is 4.68 Å². The van der Waals surface area contributed by atoms with Gasteiger partial charge in [-0.15, -0.1) is 0 Å². The summed E-state index contributed by atoms with van der Waals surface area (Å²) in [7, 11) is 0. The van der Waals surface area contributed by atoms with Crippen LogP contribution in [0.2, 0.25) is 5.15 Å². The molecule has 1 aliphatic heterocycles. The maximum Gasteiger partial charge on any atom is 0.226 e. The van der Waals surface area contributed by atoms with E-state index in [2.05, 4.69) is 10.1 Å². The molecule has 0 aromatic carbocycles. The van der Waals surface area contributed by atoms with E-state index in [0.29, 0.717) is 23.7 Å². The van der Waals surface area contributed by atoms with Gasteiger partial charge in [0.15, 0.2) is 0 Å². The zero-order valence-electron chi connectivity index (χ0n) is 10.8. The first-order chi connectivity index (χ1) is 9.28. The molecule has 6 heteroatoms. The fraction of sp³-hybridized carbons (Fsp3) is 0.538. The average molecular weight is 282 g/mol. The Morgan fingerprint density at radius 1 is 1.47 bits per heavy atom. The Balaban J connectivity index is 2.01. The van der Waals surface area contributed by atoms with Crippen LogP contribution in [0.3, 0.4) is 0 Å². The molecule has 102 valence electrons. The van der Waals surface area contributed by atoms with Crippen LogP contribution in [0.1, 0.15) is 25.8 Å². The Morgan fingerprint density at radius 3 is 3.00 bits per heavy atom. The first kappa shape index (κ1) is 12.7. The van der Waals surface area contributed by atoms with Crippen molar-refractivity contribution in [2.75, 3.05) is 19.8 Å². The molecule has 0 atom stereocenters. The molecule has 1 fully saturated rings. The first-order valence-corrected chi connectivity index (χ1v) is 6.91. The van der Waals surface area contributed by atoms with Crippen LogP contribution in [0.25, 0.3) is 10.9 Å². The molecule has 2 aromatic heterocycles. The third-order valence-electron chi connectivity index (χ3n) is 3.30. The predicted octanol–water partition coefficient (Wildman–Crippen LogP) is 2.83. The first-order valence-electron chi connectivity index (χ1n) is 6.54. The zero-order valence-corrected chi connectivity index (χ0v) is 11.6. The second-order valence-electron chi connectivity index (χ2n) is 4.57. The number of hydrogen-bond acceptors (Lipinski definition) is 4. The molecule has 19 heavy (non-hydrogen) atoms. The molecule has 0 radical (unpaired) electrons. The van der Waals surface area contributed by atoms with Crippen molar-refractivity contribution >= 4 is 22.5 Å². The van der Waals surface area contributed by atoms with Gasteiger partial charge in [0.05, 0.1) is 18.0 Å². The van der Waals surface area contributed by atoms with Crippen molar-refractivity contribution in [3.63, 3.8) is 0 Å². The zero-order chi connectivity index (χ0) is 13.2. The third-order valence-corrected chi connectivity index (χ3v) is 3.49. The Kier molecular flexibility index (Phi) is 3.57. The topological polar surface area (TPSA) is 49.2 Å². The summed E-state index contributed by atoms with van der Waals surface area (Å²) in [5.74, 6) is 0.559. The molecule has 0 amide bonds. The van der Waals surface area contributed by atoms with Crippen molar-refractivity contribution in [1.29, 1.82) is 0 Å². The number of halogens is 1. The summed E-state index contributed by atoms with van der Waals surface area (Å²) >= 11 is 5.99. The van der Waals surface area contributed by atoms with Crippen molar-refractivity contribution < 1.29 is 9.47 Å². The average Bonchev–Trinajstić information content (AvgIpc) is 2.84. The van der Waals surface area contributed by atoms with Gasteiger partial charge >= 0.3 is 0 Å². The molecule has 1 saturated heterocycles. The standard InChI is InChI=1S/C13H16ClN3O2/c1-2-19-13-10-8-17(9-3-5-18-6-4-9)16-11(10)7-12(14)15-13/h7-9H,2-6H2,1H3. The molecule has 0 saturated carbocycles. The number of ether oxygens (including phenoxy) is 2. The lowest BCUT2D eigenvalue weighted by Gasteiger charge is -2.22. The minimum Gasteiger partial charge on any atom is -0.477 e. The Hall–Kier alpha value is -1.33. The summed E-state index contributed by atoms with van der Waals surface area (Å²) in [6, 6.07) is 2.16. The Morgan fingerprint density at radius 2 is 2.26 bits per heavy atom. The predicted molar refractivity (Wildman–Crippen MR) is 72.8 cm³/mol. The minimum absolute atomic E-state index is 0.384. The Bertz CT molecular complexity index is 579. The molecule has 3 heterocycles. The van der Waals surface area contributed by atoms with Crippen LogP contribution in [0.5, 0.6) is 5.88 Å². The van der Waals surface area contributed by atoms with Crippen molar-refractivity contribution in [2.45, 2.75) is 25.8 Å². The quantitative estimate of drug-likeness (QED) is 0.812. The number of pyridine rings is 1. The van der Waals surface area contributed by atoms with Crippen molar-refractivity contribution in [1.82, 2.24) is 14.8 Å². The number of aromatic nitrogens is 3. The van der Waals surface area contributed by atoms with Crippen LogP contribution in [0, 0.1) is 0 Å². The maximum atomic E-state index is 5.99. The van der Waals surface area contributed by atoms with E-state index in [1.807, 2.05) is 17.8 Å². The van der Waals surface area contributed by atoms with Crippen LogP contribution in [0.15, 0.2) is 12.3 Å². The molecule has 0 spiro atoms. The Labute approximate surface area is 116 Å². The van der Waals surface area contributed by atoms with E-state index in [4.69, 9.17) is 21.1 Å². The summed E-state index contributed by atoms with van der Waals surface area (Å²) in [4.78, 5) is 4.21. The van der Waals surface area contributed by atoms with Gasteiger partial charge in [-0.05, 0) is 19.8 Å². The molecule has 2 aromatic rings. The van der Waals surface area contributed by atoms with Gasteiger partial charge in [0.2, 0.25) is 5.88 Å². The van der Waals surface area contributed by atoms with E-state index in [1.165, 1.54) is 0 Å². The van der Waals surface area contributed by atoms with E-state index in [-0.39, 0.29) is 0 Å². The van der Waals surface area contributed by atoms with E-state index in [0.717, 1.165) is 37.0 Å². The second kappa shape index (κ2) is 5.35. The number of fused-ring (bicyclic) bond motifs is 1. The van der Waals surface area contributed by atoms with Crippen LogP contribution >= 0.6 is 11.6 Å². The van der Waals surface area contributed by atoms with Crippen LogP contribution in [-0.4, -0.2) is 34.6 Å². The highest BCUT2D eigenvalue weighted by Crippen LogP contribution is 2.29. The van der Waals surface area contributed by atoms with E-state index in [1.54, 1.807) is 6.07 Å². The molecule has 0 bridgehead atoms. The van der Waals surface area contributed by atoms with Gasteiger partial charge in [-0.2, -0.15) is 5.10 Å². The van der Waals surface area contributed by atoms with Gasteiger partial charge in [-0.25, -0.2) is 4.98 Å². The second-order valence-corrected chi connectivity index (χ2v) is 4.96. The summed E-state index contributed by atoms with van der Waals surface area (Å²) in [6.45, 7) is 4.07. The monoisotopic (exact) mass is 281 g/mol. The van der Waals surface area contributed by atoms with Crippen molar-refractivity contribution in [3.8, 4) is 5.88 Å². The molecular weight excluding hydrogens is 266 g/mol. The maximum absolute atomic E-state index is 5.99. The summed E-state index contributed by atoms with van der Waals surface area (Å²) < 4.78 is 12.9. The highest BCUT2D eigenvalue weighted by atomic mass is 35.5. The molecule has 5 nitrogen and oxygen atoms in total. The van der Waals surface area contributed by atoms with Crippen LogP contribution in [-0.2, 0) is 4.74 Å². The summed E-state index contributed by atoms with van der Waals surface area (Å²) in [5, 5.41) is 5.92. The molecule has 0 N–H and O–H groups in total. The summed E-state index contributed by atoms with van der Waals surface area (Å²) in [6.07, 6.45) is 3.97. The van der Waals surface area contributed by atoms with E-state index in [9.17, 15) is 0 Å². The minimum atomic E-state index is 0.384. The SMILES string of the molecule is CCOc1nc(Cl)cc2nn(C3CCOCC3)cc12. The van der Waals surface area contributed by atoms with Gasteiger partial charge in [0.25, 0.3) is 0 Å².